The molecule has 4 aliphatic rings. The standard InChI is InChI=1S/C36H41N3O8/c1-35(2,3)20-10-8-16(9-11-20)21-13-19(15-38-34(46)17-6-7-17)28(40)25-22(21)12-18-14-23-27(39(4)5)30(42)26(33(37)45)32(44)36(23,47)31(43)24(18)29(25)41/h8-11,13,17-18,23,27,40-41,44,47H,6-7,12,14-15H2,1-5H3,(H2,37,45)(H,38,46). The van der Waals surface area contributed by atoms with Gasteiger partial charge in [-0.1, -0.05) is 45.0 Å². The van der Waals surface area contributed by atoms with E-state index in [4.69, 9.17) is 5.73 Å². The van der Waals surface area contributed by atoms with Gasteiger partial charge in [-0.3, -0.25) is 24.1 Å². The number of hydrogen-bond donors (Lipinski definition) is 6. The molecule has 0 spiro atoms. The average molecular weight is 644 g/mol. The Morgan fingerprint density at radius 3 is 2.26 bits per heavy atom. The molecule has 6 rings (SSSR count). The summed E-state index contributed by atoms with van der Waals surface area (Å²) in [5.41, 5.74) is 5.00. The van der Waals surface area contributed by atoms with E-state index < -0.39 is 58.0 Å². The molecule has 0 bridgehead atoms. The van der Waals surface area contributed by atoms with Crippen LogP contribution in [0.15, 0.2) is 47.2 Å². The Morgan fingerprint density at radius 2 is 1.70 bits per heavy atom. The van der Waals surface area contributed by atoms with Crippen molar-refractivity contribution >= 4 is 29.1 Å². The summed E-state index contributed by atoms with van der Waals surface area (Å²) in [7, 11) is 3.13. The molecule has 11 nitrogen and oxygen atoms in total. The molecule has 0 heterocycles. The fourth-order valence-corrected chi connectivity index (χ4v) is 7.58. The van der Waals surface area contributed by atoms with Crippen molar-refractivity contribution in [3.63, 3.8) is 0 Å². The van der Waals surface area contributed by atoms with E-state index in [0.29, 0.717) is 16.7 Å². The molecular formula is C36H41N3O8. The number of nitrogens with one attached hydrogen (secondary N) is 1. The lowest BCUT2D eigenvalue weighted by Crippen LogP contribution is -2.65. The van der Waals surface area contributed by atoms with Crippen LogP contribution in [0.1, 0.15) is 62.3 Å². The second kappa shape index (κ2) is 11.1. The van der Waals surface area contributed by atoms with E-state index in [9.17, 15) is 39.6 Å². The molecule has 11 heteroatoms. The highest BCUT2D eigenvalue weighted by Crippen LogP contribution is 2.54. The second-order valence-corrected chi connectivity index (χ2v) is 14.6. The summed E-state index contributed by atoms with van der Waals surface area (Å²) < 4.78 is 0. The number of carbonyl (C=O) groups is 4. The van der Waals surface area contributed by atoms with E-state index in [0.717, 1.165) is 24.0 Å². The number of nitrogens with zero attached hydrogens (tertiary/aromatic N) is 1. The summed E-state index contributed by atoms with van der Waals surface area (Å²) in [4.78, 5) is 54.0. The number of hydrogen-bond acceptors (Lipinski definition) is 9. The van der Waals surface area contributed by atoms with Gasteiger partial charge < -0.3 is 31.5 Å². The van der Waals surface area contributed by atoms with E-state index in [-0.39, 0.29) is 53.5 Å². The number of nitrogens with two attached hydrogens (primary N) is 1. The van der Waals surface area contributed by atoms with Crippen molar-refractivity contribution in [1.82, 2.24) is 10.2 Å². The zero-order chi connectivity index (χ0) is 34.3. The van der Waals surface area contributed by atoms with Gasteiger partial charge in [0.2, 0.25) is 11.7 Å². The van der Waals surface area contributed by atoms with Crippen molar-refractivity contribution in [3.05, 3.63) is 69.5 Å². The summed E-state index contributed by atoms with van der Waals surface area (Å²) in [5, 5.41) is 49.4. The van der Waals surface area contributed by atoms with Crippen LogP contribution in [0.3, 0.4) is 0 Å². The minimum Gasteiger partial charge on any atom is -0.508 e. The SMILES string of the molecule is CN(C)C1C(=O)C(C(N)=O)=C(O)C2(O)C(=O)C3=C(O)c4c(O)c(CNC(=O)C5CC5)cc(-c5ccc(C(C)(C)C)cc5)c4CC3CC12. The van der Waals surface area contributed by atoms with E-state index in [1.807, 2.05) is 24.3 Å². The molecular weight excluding hydrogens is 602 g/mol. The van der Waals surface area contributed by atoms with E-state index in [2.05, 4.69) is 26.1 Å². The third kappa shape index (κ3) is 5.03. The van der Waals surface area contributed by atoms with Crippen molar-refractivity contribution in [1.29, 1.82) is 0 Å². The van der Waals surface area contributed by atoms with Gasteiger partial charge in [-0.2, -0.15) is 0 Å². The van der Waals surface area contributed by atoms with Crippen LogP contribution in [0.5, 0.6) is 5.75 Å². The van der Waals surface area contributed by atoms with Crippen molar-refractivity contribution in [2.45, 2.75) is 70.1 Å². The molecule has 2 aromatic rings. The Hall–Kier alpha value is -4.48. The third-order valence-corrected chi connectivity index (χ3v) is 10.3. The maximum atomic E-state index is 14.3. The molecule has 47 heavy (non-hydrogen) atoms. The zero-order valence-electron chi connectivity index (χ0n) is 27.2. The summed E-state index contributed by atoms with van der Waals surface area (Å²) in [5.74, 6) is -7.24. The van der Waals surface area contributed by atoms with Gasteiger partial charge in [-0.15, -0.1) is 0 Å². The van der Waals surface area contributed by atoms with Crippen LogP contribution in [0, 0.1) is 17.8 Å². The summed E-state index contributed by atoms with van der Waals surface area (Å²) in [6, 6.07) is 8.56. The number of benzene rings is 2. The first-order valence-corrected chi connectivity index (χ1v) is 15.9. The third-order valence-electron chi connectivity index (χ3n) is 10.3. The highest BCUT2D eigenvalue weighted by molar-refractivity contribution is 6.24. The van der Waals surface area contributed by atoms with Crippen molar-refractivity contribution in [2.24, 2.45) is 23.5 Å². The number of carbonyl (C=O) groups excluding carboxylic acids is 4. The minimum atomic E-state index is -2.72. The smallest absolute Gasteiger partial charge is 0.255 e. The highest BCUT2D eigenvalue weighted by atomic mass is 16.3. The van der Waals surface area contributed by atoms with Crippen molar-refractivity contribution < 1.29 is 39.6 Å². The molecule has 2 aromatic carbocycles. The van der Waals surface area contributed by atoms with Gasteiger partial charge in [-0.05, 0) is 79.4 Å². The van der Waals surface area contributed by atoms with Gasteiger partial charge in [0.05, 0.1) is 11.6 Å². The molecule has 0 radical (unpaired) electrons. The lowest BCUT2D eigenvalue weighted by Gasteiger charge is -2.50. The Bertz CT molecular complexity index is 1800. The fraction of sp³-hybridized carbons (Fsp3) is 0.444. The van der Waals surface area contributed by atoms with Gasteiger partial charge in [0.25, 0.3) is 5.91 Å². The number of aromatic hydroxyl groups is 1. The average Bonchev–Trinajstić information content (AvgIpc) is 3.84. The number of phenolic OH excluding ortho intramolecular Hbond substituents is 1. The highest BCUT2D eigenvalue weighted by Gasteiger charge is 2.64. The lowest BCUT2D eigenvalue weighted by molar-refractivity contribution is -0.153. The number of amides is 2. The number of fused-ring (bicyclic) bond motifs is 3. The monoisotopic (exact) mass is 643 g/mol. The van der Waals surface area contributed by atoms with E-state index in [1.54, 1.807) is 20.2 Å². The van der Waals surface area contributed by atoms with E-state index >= 15 is 0 Å². The molecule has 2 saturated carbocycles. The van der Waals surface area contributed by atoms with Crippen LogP contribution in [-0.4, -0.2) is 74.4 Å². The Morgan fingerprint density at radius 1 is 1.06 bits per heavy atom. The van der Waals surface area contributed by atoms with Gasteiger partial charge in [0, 0.05) is 29.5 Å². The summed E-state index contributed by atoms with van der Waals surface area (Å²) in [6.45, 7) is 6.29. The topological polar surface area (TPSA) is 190 Å². The number of primary amides is 1. The van der Waals surface area contributed by atoms with Crippen LogP contribution >= 0.6 is 0 Å². The van der Waals surface area contributed by atoms with Crippen molar-refractivity contribution in [2.75, 3.05) is 14.1 Å². The fourth-order valence-electron chi connectivity index (χ4n) is 7.58. The molecule has 0 aliphatic heterocycles. The Kier molecular flexibility index (Phi) is 7.64. The quantitative estimate of drug-likeness (QED) is 0.257. The molecule has 4 atom stereocenters. The number of ketones is 2. The number of aliphatic hydroxyl groups excluding tert-OH is 2. The van der Waals surface area contributed by atoms with Crippen LogP contribution in [0.25, 0.3) is 16.9 Å². The lowest BCUT2D eigenvalue weighted by atomic mass is 9.57. The molecule has 4 unspecified atom stereocenters. The minimum absolute atomic E-state index is 0.00522. The molecule has 0 saturated heterocycles. The zero-order valence-corrected chi connectivity index (χ0v) is 27.2. The van der Waals surface area contributed by atoms with Gasteiger partial charge in [0.15, 0.2) is 11.4 Å². The van der Waals surface area contributed by atoms with Crippen LogP contribution in [-0.2, 0) is 37.6 Å². The summed E-state index contributed by atoms with van der Waals surface area (Å²) >= 11 is 0. The number of aliphatic hydroxyl groups is 3. The van der Waals surface area contributed by atoms with Gasteiger partial charge >= 0.3 is 0 Å². The molecule has 2 amide bonds. The van der Waals surface area contributed by atoms with Gasteiger partial charge in [0.1, 0.15) is 22.8 Å². The predicted octanol–water partition coefficient (Wildman–Crippen LogP) is 2.95. The summed E-state index contributed by atoms with van der Waals surface area (Å²) in [6.07, 6.45) is 1.75. The first-order valence-electron chi connectivity index (χ1n) is 15.9. The van der Waals surface area contributed by atoms with Gasteiger partial charge in [-0.25, -0.2) is 0 Å². The van der Waals surface area contributed by atoms with E-state index in [1.165, 1.54) is 4.90 Å². The van der Waals surface area contributed by atoms with Crippen molar-refractivity contribution in [3.8, 4) is 16.9 Å². The second-order valence-electron chi connectivity index (χ2n) is 14.6. The van der Waals surface area contributed by atoms with Crippen LogP contribution in [0.2, 0.25) is 0 Å². The number of likely N-dealkylation sites (N-methyl/N-ethyl adjacent to an activating group) is 1. The number of phenols is 1. The number of rotatable bonds is 6. The predicted molar refractivity (Wildman–Crippen MR) is 173 cm³/mol. The molecule has 2 fully saturated rings. The molecule has 0 aromatic heterocycles. The maximum absolute atomic E-state index is 14.3. The van der Waals surface area contributed by atoms with Crippen LogP contribution < -0.4 is 11.1 Å². The first-order chi connectivity index (χ1) is 22.0. The normalized spacial score (nSPS) is 25.8. The van der Waals surface area contributed by atoms with Crippen LogP contribution in [0.4, 0.5) is 0 Å². The largest absolute Gasteiger partial charge is 0.508 e. The number of Topliss-reactive ketones (excluding diaryl/α,β-unsaturated/α-hetero) is 2. The molecule has 4 aliphatic carbocycles. The maximum Gasteiger partial charge on any atom is 0.255 e. The first kappa shape index (κ1) is 32.5. The molecule has 7 N–H and O–H groups in total. The molecule has 248 valence electrons. The Labute approximate surface area is 272 Å². The Balaban J connectivity index is 1.54.